The number of nitrogens with zero attached hydrogens (tertiary/aromatic N) is 1. The van der Waals surface area contributed by atoms with Gasteiger partial charge in [-0.25, -0.2) is 0 Å². The Kier molecular flexibility index (Phi) is 4.88. The number of allylic oxidation sites excluding steroid dienone is 2. The Labute approximate surface area is 73.5 Å². The van der Waals surface area contributed by atoms with E-state index in [2.05, 4.69) is 11.7 Å². The van der Waals surface area contributed by atoms with Crippen LogP contribution in [0.1, 0.15) is 20.8 Å². The van der Waals surface area contributed by atoms with Crippen molar-refractivity contribution in [2.75, 3.05) is 0 Å². The van der Waals surface area contributed by atoms with Gasteiger partial charge in [-0.05, 0) is 33.1 Å². The average molecular weight is 172 g/mol. The van der Waals surface area contributed by atoms with E-state index in [9.17, 15) is 0 Å². The number of hydrogen-bond donors (Lipinski definition) is 0. The summed E-state index contributed by atoms with van der Waals surface area (Å²) in [5.41, 5.74) is 1.03. The Bertz CT molecular complexity index is 188. The van der Waals surface area contributed by atoms with Crippen LogP contribution >= 0.6 is 11.6 Å². The molecule has 1 nitrogen and oxygen atoms in total. The lowest BCUT2D eigenvalue weighted by molar-refractivity contribution is 0.889. The Morgan fingerprint density at radius 2 is 2.18 bits per heavy atom. The number of aliphatic imine (C=N–C) groups is 1. The molecule has 0 aromatic carbocycles. The third-order valence-electron chi connectivity index (χ3n) is 1.47. The lowest BCUT2D eigenvalue weighted by Crippen LogP contribution is -2.00. The highest BCUT2D eigenvalue weighted by molar-refractivity contribution is 6.29. The largest absolute Gasteiger partial charge is 0.293 e. The standard InChI is InChI=1S/C9H14ClN/c1-5-6-9(7(2)10)8(3)11-4/h5-6,8H,4H2,1-3H3/b6-5-,9-7-. The van der Waals surface area contributed by atoms with E-state index in [1.54, 1.807) is 0 Å². The van der Waals surface area contributed by atoms with Gasteiger partial charge in [-0.3, -0.25) is 4.99 Å². The number of halogens is 1. The fraction of sp³-hybridized carbons (Fsp3) is 0.444. The minimum Gasteiger partial charge on any atom is -0.293 e. The molecule has 0 aliphatic carbocycles. The van der Waals surface area contributed by atoms with Crippen molar-refractivity contribution in [3.63, 3.8) is 0 Å². The van der Waals surface area contributed by atoms with Gasteiger partial charge in [-0.2, -0.15) is 0 Å². The highest BCUT2D eigenvalue weighted by Crippen LogP contribution is 2.16. The van der Waals surface area contributed by atoms with Crippen LogP contribution in [0.25, 0.3) is 0 Å². The molecule has 0 saturated heterocycles. The van der Waals surface area contributed by atoms with Gasteiger partial charge >= 0.3 is 0 Å². The molecule has 0 bridgehead atoms. The molecule has 62 valence electrons. The second kappa shape index (κ2) is 5.14. The molecule has 0 aromatic rings. The van der Waals surface area contributed by atoms with Gasteiger partial charge in [0, 0.05) is 5.03 Å². The van der Waals surface area contributed by atoms with E-state index in [1.807, 2.05) is 32.9 Å². The van der Waals surface area contributed by atoms with E-state index in [4.69, 9.17) is 11.6 Å². The molecular formula is C9H14ClN. The van der Waals surface area contributed by atoms with Crippen molar-refractivity contribution in [1.82, 2.24) is 0 Å². The molecular weight excluding hydrogens is 158 g/mol. The van der Waals surface area contributed by atoms with Crippen LogP contribution in [-0.4, -0.2) is 12.8 Å². The average Bonchev–Trinajstić information content (AvgIpc) is 1.98. The minimum atomic E-state index is 0.0868. The van der Waals surface area contributed by atoms with Crippen LogP contribution < -0.4 is 0 Å². The molecule has 11 heavy (non-hydrogen) atoms. The van der Waals surface area contributed by atoms with Crippen LogP contribution in [0.3, 0.4) is 0 Å². The first-order valence-corrected chi connectivity index (χ1v) is 3.96. The van der Waals surface area contributed by atoms with Crippen LogP contribution in [0.5, 0.6) is 0 Å². The van der Waals surface area contributed by atoms with Crippen molar-refractivity contribution in [3.05, 3.63) is 22.8 Å². The molecule has 0 radical (unpaired) electrons. The van der Waals surface area contributed by atoms with Crippen molar-refractivity contribution in [3.8, 4) is 0 Å². The molecule has 1 atom stereocenters. The summed E-state index contributed by atoms with van der Waals surface area (Å²) in [6.07, 6.45) is 3.91. The van der Waals surface area contributed by atoms with E-state index in [-0.39, 0.29) is 6.04 Å². The molecule has 1 unspecified atom stereocenters. The topological polar surface area (TPSA) is 12.4 Å². The zero-order valence-corrected chi connectivity index (χ0v) is 8.02. The first kappa shape index (κ1) is 10.4. The van der Waals surface area contributed by atoms with Crippen molar-refractivity contribution < 1.29 is 0 Å². The second-order valence-corrected chi connectivity index (χ2v) is 2.91. The molecule has 0 spiro atoms. The van der Waals surface area contributed by atoms with E-state index >= 15 is 0 Å². The number of hydrogen-bond acceptors (Lipinski definition) is 1. The predicted octanol–water partition coefficient (Wildman–Crippen LogP) is 3.16. The van der Waals surface area contributed by atoms with Crippen molar-refractivity contribution in [2.45, 2.75) is 26.8 Å². The third kappa shape index (κ3) is 3.38. The fourth-order valence-electron chi connectivity index (χ4n) is 0.820. The van der Waals surface area contributed by atoms with Crippen LogP contribution in [0.4, 0.5) is 0 Å². The van der Waals surface area contributed by atoms with Crippen molar-refractivity contribution in [1.29, 1.82) is 0 Å². The Morgan fingerprint density at radius 1 is 1.64 bits per heavy atom. The summed E-state index contributed by atoms with van der Waals surface area (Å²) in [6.45, 7) is 9.25. The first-order valence-electron chi connectivity index (χ1n) is 3.58. The number of rotatable bonds is 3. The summed E-state index contributed by atoms with van der Waals surface area (Å²) in [4.78, 5) is 3.89. The van der Waals surface area contributed by atoms with E-state index in [0.717, 1.165) is 10.6 Å². The zero-order chi connectivity index (χ0) is 8.85. The summed E-state index contributed by atoms with van der Waals surface area (Å²) >= 11 is 5.84. The predicted molar refractivity (Wildman–Crippen MR) is 52.4 cm³/mol. The zero-order valence-electron chi connectivity index (χ0n) is 7.26. The van der Waals surface area contributed by atoms with Crippen LogP contribution in [-0.2, 0) is 0 Å². The molecule has 0 fully saturated rings. The summed E-state index contributed by atoms with van der Waals surface area (Å²) in [6, 6.07) is 0.0868. The van der Waals surface area contributed by atoms with E-state index < -0.39 is 0 Å². The summed E-state index contributed by atoms with van der Waals surface area (Å²) in [5, 5.41) is 0.781. The first-order chi connectivity index (χ1) is 5.13. The van der Waals surface area contributed by atoms with Gasteiger partial charge < -0.3 is 0 Å². The highest BCUT2D eigenvalue weighted by atomic mass is 35.5. The Morgan fingerprint density at radius 3 is 2.45 bits per heavy atom. The highest BCUT2D eigenvalue weighted by Gasteiger charge is 2.04. The van der Waals surface area contributed by atoms with Gasteiger partial charge in [-0.15, -0.1) is 0 Å². The van der Waals surface area contributed by atoms with Gasteiger partial charge in [0.1, 0.15) is 0 Å². The van der Waals surface area contributed by atoms with Crippen LogP contribution in [0.2, 0.25) is 0 Å². The summed E-state index contributed by atoms with van der Waals surface area (Å²) in [5.74, 6) is 0. The molecule has 0 saturated carbocycles. The fourth-order valence-corrected chi connectivity index (χ4v) is 1.04. The van der Waals surface area contributed by atoms with Gasteiger partial charge in [0.05, 0.1) is 6.04 Å². The Hall–Kier alpha value is -0.560. The normalized spacial score (nSPS) is 16.4. The lowest BCUT2D eigenvalue weighted by Gasteiger charge is -2.07. The lowest BCUT2D eigenvalue weighted by atomic mass is 10.1. The molecule has 0 aliphatic heterocycles. The monoisotopic (exact) mass is 171 g/mol. The van der Waals surface area contributed by atoms with Crippen molar-refractivity contribution >= 4 is 18.3 Å². The SMILES string of the molecule is C=NC(C)C(/C=C\C)=C(/C)Cl. The molecule has 0 N–H and O–H groups in total. The molecule has 2 heteroatoms. The third-order valence-corrected chi connectivity index (χ3v) is 1.69. The molecule has 0 rings (SSSR count). The van der Waals surface area contributed by atoms with Crippen LogP contribution in [0, 0.1) is 0 Å². The minimum absolute atomic E-state index is 0.0868. The molecule has 0 aliphatic rings. The quantitative estimate of drug-likeness (QED) is 0.457. The van der Waals surface area contributed by atoms with Crippen LogP contribution in [0.15, 0.2) is 27.7 Å². The van der Waals surface area contributed by atoms with Gasteiger partial charge in [0.15, 0.2) is 0 Å². The Balaban J connectivity index is 4.62. The van der Waals surface area contributed by atoms with Crippen molar-refractivity contribution in [2.24, 2.45) is 4.99 Å². The smallest absolute Gasteiger partial charge is 0.0724 e. The van der Waals surface area contributed by atoms with E-state index in [0.29, 0.717) is 0 Å². The maximum Gasteiger partial charge on any atom is 0.0724 e. The van der Waals surface area contributed by atoms with Gasteiger partial charge in [0.25, 0.3) is 0 Å². The van der Waals surface area contributed by atoms with Gasteiger partial charge in [0.2, 0.25) is 0 Å². The second-order valence-electron chi connectivity index (χ2n) is 2.35. The molecule has 0 aromatic heterocycles. The maximum absolute atomic E-state index is 5.84. The summed E-state index contributed by atoms with van der Waals surface area (Å²) in [7, 11) is 0. The summed E-state index contributed by atoms with van der Waals surface area (Å²) < 4.78 is 0. The van der Waals surface area contributed by atoms with Gasteiger partial charge in [-0.1, -0.05) is 23.8 Å². The maximum atomic E-state index is 5.84. The van der Waals surface area contributed by atoms with E-state index in [1.165, 1.54) is 0 Å². The molecule has 0 heterocycles. The molecule has 0 amide bonds.